The first-order valence-corrected chi connectivity index (χ1v) is 2.72. The van der Waals surface area contributed by atoms with Crippen LogP contribution in [0.2, 0.25) is 0 Å². The Labute approximate surface area is 53.3 Å². The Balaban J connectivity index is 2.94. The Morgan fingerprint density at radius 2 is 2.44 bits per heavy atom. The number of aromatic nitrogens is 1. The highest BCUT2D eigenvalue weighted by Gasteiger charge is 1.95. The first kappa shape index (κ1) is 6.04. The topological polar surface area (TPSA) is 50.1 Å². The zero-order chi connectivity index (χ0) is 6.69. The number of pyridine rings is 1. The maximum Gasteiger partial charge on any atom is 0.226 e. The van der Waals surface area contributed by atoms with Gasteiger partial charge >= 0.3 is 0 Å². The van der Waals surface area contributed by atoms with Crippen LogP contribution in [0.5, 0.6) is 0 Å². The zero-order valence-corrected chi connectivity index (χ0v) is 4.99. The van der Waals surface area contributed by atoms with Crippen LogP contribution in [0, 0.1) is 0 Å². The van der Waals surface area contributed by atoms with Gasteiger partial charge in [-0.2, -0.15) is 0 Å². The molecular weight excluding hydrogens is 116 g/mol. The molecule has 0 aliphatic rings. The molecular formula is C6H9N2O+. The molecule has 0 unspecified atom stereocenters. The fourth-order valence-electron chi connectivity index (χ4n) is 0.632. The van der Waals surface area contributed by atoms with E-state index in [9.17, 15) is 0 Å². The fraction of sp³-hybridized carbons (Fsp3) is 0.167. The highest BCUT2D eigenvalue weighted by molar-refractivity contribution is 5.03. The Hall–Kier alpha value is -1.09. The van der Waals surface area contributed by atoms with Gasteiger partial charge in [-0.05, 0) is 6.07 Å². The average Bonchev–Trinajstić information content (AvgIpc) is 1.88. The van der Waals surface area contributed by atoms with E-state index in [1.165, 1.54) is 0 Å². The Morgan fingerprint density at radius 3 is 2.89 bits per heavy atom. The molecule has 1 heterocycles. The monoisotopic (exact) mass is 125 g/mol. The Kier molecular flexibility index (Phi) is 1.65. The van der Waals surface area contributed by atoms with Crippen LogP contribution in [0.1, 0.15) is 5.56 Å². The van der Waals surface area contributed by atoms with E-state index in [2.05, 4.69) is 0 Å². The molecule has 0 aliphatic heterocycles. The average molecular weight is 125 g/mol. The van der Waals surface area contributed by atoms with Gasteiger partial charge in [0.25, 0.3) is 0 Å². The van der Waals surface area contributed by atoms with Gasteiger partial charge in [-0.15, -0.1) is 0 Å². The van der Waals surface area contributed by atoms with Gasteiger partial charge in [0, 0.05) is 22.9 Å². The largest absolute Gasteiger partial charge is 0.326 e. The zero-order valence-electron chi connectivity index (χ0n) is 4.99. The molecule has 3 nitrogen and oxygen atoms in total. The molecule has 0 bridgehead atoms. The van der Waals surface area contributed by atoms with Crippen LogP contribution in [-0.4, -0.2) is 5.21 Å². The number of nitrogens with two attached hydrogens (primary N) is 1. The summed E-state index contributed by atoms with van der Waals surface area (Å²) in [6, 6.07) is 3.59. The number of hydrogen-bond acceptors (Lipinski definition) is 2. The maximum atomic E-state index is 8.81. The third-order valence-corrected chi connectivity index (χ3v) is 1.08. The summed E-state index contributed by atoms with van der Waals surface area (Å²) in [6.07, 6.45) is 3.11. The van der Waals surface area contributed by atoms with Gasteiger partial charge in [-0.1, -0.05) is 0 Å². The molecule has 1 aromatic rings. The van der Waals surface area contributed by atoms with Crippen LogP contribution in [0.15, 0.2) is 24.5 Å². The fourth-order valence-corrected chi connectivity index (χ4v) is 0.632. The Bertz CT molecular complexity index is 200. The van der Waals surface area contributed by atoms with E-state index in [0.717, 1.165) is 10.3 Å². The second kappa shape index (κ2) is 2.46. The van der Waals surface area contributed by atoms with Crippen molar-refractivity contribution < 1.29 is 9.94 Å². The van der Waals surface area contributed by atoms with Gasteiger partial charge in [-0.3, -0.25) is 5.21 Å². The predicted molar refractivity (Wildman–Crippen MR) is 31.7 cm³/mol. The summed E-state index contributed by atoms with van der Waals surface area (Å²) < 4.78 is 0.988. The second-order valence-corrected chi connectivity index (χ2v) is 1.80. The van der Waals surface area contributed by atoms with Gasteiger partial charge < -0.3 is 5.73 Å². The molecule has 0 atom stereocenters. The molecule has 0 saturated carbocycles. The SMILES string of the molecule is NCc1ccc[n+](O)c1. The van der Waals surface area contributed by atoms with E-state index < -0.39 is 0 Å². The van der Waals surface area contributed by atoms with E-state index >= 15 is 0 Å². The lowest BCUT2D eigenvalue weighted by Crippen LogP contribution is -2.29. The minimum absolute atomic E-state index is 0.460. The van der Waals surface area contributed by atoms with Crippen LogP contribution in [0.4, 0.5) is 0 Å². The lowest BCUT2D eigenvalue weighted by molar-refractivity contribution is -0.905. The van der Waals surface area contributed by atoms with Gasteiger partial charge in [0.05, 0.1) is 0 Å². The predicted octanol–water partition coefficient (Wildman–Crippen LogP) is -0.330. The molecule has 0 spiro atoms. The molecule has 1 aromatic heterocycles. The van der Waals surface area contributed by atoms with E-state index in [0.29, 0.717) is 6.54 Å². The van der Waals surface area contributed by atoms with Crippen molar-refractivity contribution in [1.29, 1.82) is 0 Å². The van der Waals surface area contributed by atoms with Crippen LogP contribution < -0.4 is 10.5 Å². The second-order valence-electron chi connectivity index (χ2n) is 1.80. The van der Waals surface area contributed by atoms with Crippen molar-refractivity contribution in [3.8, 4) is 0 Å². The van der Waals surface area contributed by atoms with E-state index in [1.807, 2.05) is 6.07 Å². The van der Waals surface area contributed by atoms with Crippen molar-refractivity contribution in [2.24, 2.45) is 5.73 Å². The number of rotatable bonds is 1. The minimum atomic E-state index is 0.460. The van der Waals surface area contributed by atoms with Crippen molar-refractivity contribution >= 4 is 0 Å². The molecule has 1 rings (SSSR count). The standard InChI is InChI=1S/C6H9N2O/c7-4-6-2-1-3-8(9)5-6/h1-3,5,9H,4,7H2/q+1. The Morgan fingerprint density at radius 1 is 1.67 bits per heavy atom. The van der Waals surface area contributed by atoms with Crippen molar-refractivity contribution in [2.45, 2.75) is 6.54 Å². The molecule has 0 amide bonds. The molecule has 0 aliphatic carbocycles. The van der Waals surface area contributed by atoms with Crippen molar-refractivity contribution in [3.05, 3.63) is 30.1 Å². The number of hydrogen-bond donors (Lipinski definition) is 2. The maximum absolute atomic E-state index is 8.81. The molecule has 0 fully saturated rings. The third-order valence-electron chi connectivity index (χ3n) is 1.08. The molecule has 3 N–H and O–H groups in total. The van der Waals surface area contributed by atoms with Gasteiger partial charge in [-0.25, -0.2) is 0 Å². The van der Waals surface area contributed by atoms with Crippen LogP contribution in [0.25, 0.3) is 0 Å². The minimum Gasteiger partial charge on any atom is -0.326 e. The first-order valence-electron chi connectivity index (χ1n) is 2.72. The smallest absolute Gasteiger partial charge is 0.226 e. The molecule has 0 saturated heterocycles. The van der Waals surface area contributed by atoms with Crippen LogP contribution in [0.3, 0.4) is 0 Å². The third kappa shape index (κ3) is 1.40. The van der Waals surface area contributed by atoms with E-state index in [-0.39, 0.29) is 0 Å². The van der Waals surface area contributed by atoms with Gasteiger partial charge in [0.1, 0.15) is 0 Å². The van der Waals surface area contributed by atoms with Crippen molar-refractivity contribution in [2.75, 3.05) is 0 Å². The molecule has 3 heteroatoms. The van der Waals surface area contributed by atoms with Crippen LogP contribution in [-0.2, 0) is 6.54 Å². The molecule has 9 heavy (non-hydrogen) atoms. The quantitative estimate of drug-likeness (QED) is 0.399. The summed E-state index contributed by atoms with van der Waals surface area (Å²) in [7, 11) is 0. The molecule has 0 aromatic carbocycles. The van der Waals surface area contributed by atoms with Crippen molar-refractivity contribution in [1.82, 2.24) is 0 Å². The lowest BCUT2D eigenvalue weighted by atomic mass is 10.3. The summed E-state index contributed by atoms with van der Waals surface area (Å²) >= 11 is 0. The summed E-state index contributed by atoms with van der Waals surface area (Å²) in [6.45, 7) is 0.460. The van der Waals surface area contributed by atoms with E-state index in [1.54, 1.807) is 18.5 Å². The molecule has 0 radical (unpaired) electrons. The summed E-state index contributed by atoms with van der Waals surface area (Å²) in [5, 5.41) is 8.81. The van der Waals surface area contributed by atoms with Crippen molar-refractivity contribution in [3.63, 3.8) is 0 Å². The lowest BCUT2D eigenvalue weighted by Gasteiger charge is -1.87. The van der Waals surface area contributed by atoms with Crippen LogP contribution >= 0.6 is 0 Å². The van der Waals surface area contributed by atoms with Gasteiger partial charge in [0.2, 0.25) is 12.4 Å². The summed E-state index contributed by atoms with van der Waals surface area (Å²) in [5.74, 6) is 0. The summed E-state index contributed by atoms with van der Waals surface area (Å²) in [4.78, 5) is 0. The normalized spacial score (nSPS) is 9.44. The van der Waals surface area contributed by atoms with E-state index in [4.69, 9.17) is 10.9 Å². The van der Waals surface area contributed by atoms with Gasteiger partial charge in [0.15, 0.2) is 0 Å². The molecule has 48 valence electrons. The first-order chi connectivity index (χ1) is 4.33. The number of nitrogens with zero attached hydrogens (tertiary/aromatic N) is 1. The summed E-state index contributed by atoms with van der Waals surface area (Å²) in [5.41, 5.74) is 6.21. The highest BCUT2D eigenvalue weighted by atomic mass is 16.5. The highest BCUT2D eigenvalue weighted by Crippen LogP contribution is 1.89.